The van der Waals surface area contributed by atoms with Crippen LogP contribution in [-0.2, 0) is 0 Å². The summed E-state index contributed by atoms with van der Waals surface area (Å²) in [6.45, 7) is 3.62. The fourth-order valence-electron chi connectivity index (χ4n) is 1.67. The minimum atomic E-state index is -1.29. The van der Waals surface area contributed by atoms with Gasteiger partial charge in [0.1, 0.15) is 11.4 Å². The van der Waals surface area contributed by atoms with E-state index in [9.17, 15) is 9.18 Å². The van der Waals surface area contributed by atoms with Crippen LogP contribution in [0.4, 0.5) is 4.39 Å². The summed E-state index contributed by atoms with van der Waals surface area (Å²) < 4.78 is 15.1. The summed E-state index contributed by atoms with van der Waals surface area (Å²) in [5.41, 5.74) is 1.52. The maximum absolute atomic E-state index is 13.5. The van der Waals surface area contributed by atoms with Gasteiger partial charge in [0.05, 0.1) is 17.7 Å². The number of nitrogens with zero attached hydrogens (tertiary/aromatic N) is 2. The number of aromatic nitrogens is 2. The largest absolute Gasteiger partial charge is 0.478 e. The molecule has 1 aromatic carbocycles. The molecular formula is C12H11FN2O2. The lowest BCUT2D eigenvalue weighted by atomic mass is 10.1. The van der Waals surface area contributed by atoms with Crippen LogP contribution in [0.2, 0.25) is 0 Å². The highest BCUT2D eigenvalue weighted by Crippen LogP contribution is 2.20. The maximum atomic E-state index is 13.5. The van der Waals surface area contributed by atoms with E-state index in [1.54, 1.807) is 17.6 Å². The normalized spacial score (nSPS) is 10.5. The number of carboxylic acids is 1. The van der Waals surface area contributed by atoms with E-state index in [0.29, 0.717) is 0 Å². The molecule has 1 aromatic heterocycles. The lowest BCUT2D eigenvalue weighted by Crippen LogP contribution is -2.08. The molecule has 0 radical (unpaired) electrons. The third kappa shape index (κ3) is 1.80. The van der Waals surface area contributed by atoms with Crippen molar-refractivity contribution in [2.45, 2.75) is 13.8 Å². The van der Waals surface area contributed by atoms with Gasteiger partial charge in [0.2, 0.25) is 0 Å². The third-order valence-corrected chi connectivity index (χ3v) is 2.72. The van der Waals surface area contributed by atoms with Crippen molar-refractivity contribution < 1.29 is 14.3 Å². The molecule has 0 unspecified atom stereocenters. The Morgan fingerprint density at radius 2 is 2.12 bits per heavy atom. The number of imidazole rings is 1. The van der Waals surface area contributed by atoms with Crippen molar-refractivity contribution in [1.82, 2.24) is 9.55 Å². The molecule has 1 N–H and O–H groups in total. The maximum Gasteiger partial charge on any atom is 0.340 e. The number of carboxylic acid groups (broad SMARTS) is 1. The van der Waals surface area contributed by atoms with Crippen molar-refractivity contribution in [3.63, 3.8) is 0 Å². The molecule has 0 bridgehead atoms. The molecule has 0 atom stereocenters. The highest BCUT2D eigenvalue weighted by atomic mass is 19.1. The van der Waals surface area contributed by atoms with Gasteiger partial charge < -0.3 is 9.67 Å². The molecule has 0 aliphatic carbocycles. The molecule has 5 heteroatoms. The van der Waals surface area contributed by atoms with Crippen molar-refractivity contribution in [1.29, 1.82) is 0 Å². The van der Waals surface area contributed by atoms with E-state index in [2.05, 4.69) is 4.98 Å². The predicted octanol–water partition coefficient (Wildman–Crippen LogP) is 2.33. The Balaban J connectivity index is 2.72. The lowest BCUT2D eigenvalue weighted by Gasteiger charge is -2.09. The number of aromatic carboxylic acids is 1. The highest BCUT2D eigenvalue weighted by Gasteiger charge is 2.18. The molecule has 2 rings (SSSR count). The zero-order chi connectivity index (χ0) is 12.6. The number of hydrogen-bond donors (Lipinski definition) is 1. The van der Waals surface area contributed by atoms with E-state index in [4.69, 9.17) is 5.11 Å². The Kier molecular flexibility index (Phi) is 2.67. The van der Waals surface area contributed by atoms with Gasteiger partial charge in [0, 0.05) is 5.69 Å². The van der Waals surface area contributed by atoms with Gasteiger partial charge in [-0.15, -0.1) is 0 Å². The first-order valence-electron chi connectivity index (χ1n) is 5.05. The summed E-state index contributed by atoms with van der Waals surface area (Å²) in [5.74, 6) is -2.04. The lowest BCUT2D eigenvalue weighted by molar-refractivity contribution is 0.0692. The molecule has 0 fully saturated rings. The zero-order valence-corrected chi connectivity index (χ0v) is 9.44. The van der Waals surface area contributed by atoms with Gasteiger partial charge in [-0.05, 0) is 26.0 Å². The Bertz CT molecular complexity index is 590. The second-order valence-corrected chi connectivity index (χ2v) is 3.72. The topological polar surface area (TPSA) is 55.1 Å². The minimum absolute atomic E-state index is 0.288. The molecule has 0 saturated heterocycles. The van der Waals surface area contributed by atoms with Crippen molar-refractivity contribution in [2.24, 2.45) is 0 Å². The zero-order valence-electron chi connectivity index (χ0n) is 9.44. The standard InChI is InChI=1S/C12H11FN2O2/c1-7-8(2)15(6-14-7)10-5-3-4-9(13)11(10)12(16)17/h3-6H,1-2H3,(H,16,17). The van der Waals surface area contributed by atoms with Gasteiger partial charge in [0.15, 0.2) is 0 Å². The Morgan fingerprint density at radius 1 is 1.41 bits per heavy atom. The summed E-state index contributed by atoms with van der Waals surface area (Å²) in [4.78, 5) is 15.1. The minimum Gasteiger partial charge on any atom is -0.478 e. The monoisotopic (exact) mass is 234 g/mol. The third-order valence-electron chi connectivity index (χ3n) is 2.72. The Labute approximate surface area is 97.3 Å². The van der Waals surface area contributed by atoms with Gasteiger partial charge in [-0.3, -0.25) is 0 Å². The number of aryl methyl sites for hydroxylation is 1. The van der Waals surface area contributed by atoms with E-state index in [1.165, 1.54) is 12.4 Å². The average molecular weight is 234 g/mol. The second-order valence-electron chi connectivity index (χ2n) is 3.72. The quantitative estimate of drug-likeness (QED) is 0.867. The number of carbonyl (C=O) groups is 1. The molecule has 0 aliphatic heterocycles. The molecule has 4 nitrogen and oxygen atoms in total. The van der Waals surface area contributed by atoms with Gasteiger partial charge in [-0.2, -0.15) is 0 Å². The van der Waals surface area contributed by atoms with Crippen LogP contribution in [0.3, 0.4) is 0 Å². The van der Waals surface area contributed by atoms with E-state index in [0.717, 1.165) is 17.5 Å². The number of benzene rings is 1. The second kappa shape index (κ2) is 4.01. The van der Waals surface area contributed by atoms with Crippen molar-refractivity contribution in [3.8, 4) is 5.69 Å². The first-order valence-corrected chi connectivity index (χ1v) is 5.05. The van der Waals surface area contributed by atoms with Crippen LogP contribution >= 0.6 is 0 Å². The van der Waals surface area contributed by atoms with Crippen LogP contribution in [0.25, 0.3) is 5.69 Å². The SMILES string of the molecule is Cc1ncn(-c2cccc(F)c2C(=O)O)c1C. The summed E-state index contributed by atoms with van der Waals surface area (Å²) in [7, 11) is 0. The first kappa shape index (κ1) is 11.3. The summed E-state index contributed by atoms with van der Waals surface area (Å²) in [5, 5.41) is 9.03. The van der Waals surface area contributed by atoms with Gasteiger partial charge in [-0.1, -0.05) is 6.07 Å². The predicted molar refractivity (Wildman–Crippen MR) is 60.0 cm³/mol. The Morgan fingerprint density at radius 3 is 2.65 bits per heavy atom. The van der Waals surface area contributed by atoms with Crippen LogP contribution in [0.1, 0.15) is 21.7 Å². The molecule has 17 heavy (non-hydrogen) atoms. The fraction of sp³-hybridized carbons (Fsp3) is 0.167. The van der Waals surface area contributed by atoms with E-state index >= 15 is 0 Å². The highest BCUT2D eigenvalue weighted by molar-refractivity contribution is 5.92. The summed E-state index contributed by atoms with van der Waals surface area (Å²) in [6, 6.07) is 4.17. The van der Waals surface area contributed by atoms with E-state index < -0.39 is 11.8 Å². The van der Waals surface area contributed by atoms with Crippen LogP contribution in [0.15, 0.2) is 24.5 Å². The molecule has 0 aliphatic rings. The molecule has 2 aromatic rings. The van der Waals surface area contributed by atoms with Crippen LogP contribution in [0, 0.1) is 19.7 Å². The molecular weight excluding hydrogens is 223 g/mol. The fourth-order valence-corrected chi connectivity index (χ4v) is 1.67. The van der Waals surface area contributed by atoms with Crippen LogP contribution in [-0.4, -0.2) is 20.6 Å². The average Bonchev–Trinajstić information content (AvgIpc) is 2.59. The summed E-state index contributed by atoms with van der Waals surface area (Å²) in [6.07, 6.45) is 1.49. The number of halogens is 1. The van der Waals surface area contributed by atoms with Crippen molar-refractivity contribution in [3.05, 3.63) is 47.3 Å². The summed E-state index contributed by atoms with van der Waals surface area (Å²) >= 11 is 0. The van der Waals surface area contributed by atoms with E-state index in [1.807, 2.05) is 6.92 Å². The molecule has 0 amide bonds. The Hall–Kier alpha value is -2.17. The number of hydrogen-bond acceptors (Lipinski definition) is 2. The number of rotatable bonds is 2. The smallest absolute Gasteiger partial charge is 0.340 e. The van der Waals surface area contributed by atoms with Crippen LogP contribution < -0.4 is 0 Å². The van der Waals surface area contributed by atoms with Gasteiger partial charge >= 0.3 is 5.97 Å². The van der Waals surface area contributed by atoms with Crippen molar-refractivity contribution >= 4 is 5.97 Å². The van der Waals surface area contributed by atoms with Crippen LogP contribution in [0.5, 0.6) is 0 Å². The first-order chi connectivity index (χ1) is 8.02. The molecule has 0 spiro atoms. The van der Waals surface area contributed by atoms with Gasteiger partial charge in [-0.25, -0.2) is 14.2 Å². The van der Waals surface area contributed by atoms with E-state index in [-0.39, 0.29) is 11.3 Å². The molecule has 88 valence electrons. The molecule has 0 saturated carbocycles. The van der Waals surface area contributed by atoms with Gasteiger partial charge in [0.25, 0.3) is 0 Å². The molecule has 1 heterocycles. The van der Waals surface area contributed by atoms with Crippen molar-refractivity contribution in [2.75, 3.05) is 0 Å².